The highest BCUT2D eigenvalue weighted by Gasteiger charge is 2.03. The zero-order valence-corrected chi connectivity index (χ0v) is 15.3. The van der Waals surface area contributed by atoms with Gasteiger partial charge in [-0.1, -0.05) is 41.4 Å². The standard InChI is InChI=1S/C8H9NO3.C7H5ClO2S.CH3NO/c1-7-2-4-8(5-3-7)6-12-9(10)11;8-5-2-1-4(7(9)10)3-6(5)11;2-1-3/h2-5H,6H2,1H3;1-3,11H,(H,9,10);1H,(H2,2,3). The average molecular weight is 401 g/mol. The van der Waals surface area contributed by atoms with Crippen molar-refractivity contribution in [3.8, 4) is 0 Å². The van der Waals surface area contributed by atoms with Crippen LogP contribution < -0.4 is 5.73 Å². The van der Waals surface area contributed by atoms with E-state index in [1.165, 1.54) is 18.2 Å². The van der Waals surface area contributed by atoms with Gasteiger partial charge in [0.1, 0.15) is 6.61 Å². The highest BCUT2D eigenvalue weighted by atomic mass is 35.5. The molecule has 0 radical (unpaired) electrons. The average Bonchev–Trinajstić information content (AvgIpc) is 2.58. The van der Waals surface area contributed by atoms with E-state index in [9.17, 15) is 14.9 Å². The van der Waals surface area contributed by atoms with E-state index in [1.807, 2.05) is 19.1 Å². The molecule has 0 saturated heterocycles. The van der Waals surface area contributed by atoms with Gasteiger partial charge >= 0.3 is 5.97 Å². The van der Waals surface area contributed by atoms with Crippen LogP contribution in [0.2, 0.25) is 5.02 Å². The number of nitrogens with two attached hydrogens (primary N) is 1. The Kier molecular flexibility index (Phi) is 11.2. The van der Waals surface area contributed by atoms with Crippen molar-refractivity contribution in [1.29, 1.82) is 0 Å². The van der Waals surface area contributed by atoms with Crippen LogP contribution in [0.3, 0.4) is 0 Å². The summed E-state index contributed by atoms with van der Waals surface area (Å²) in [6.45, 7) is 1.98. The summed E-state index contributed by atoms with van der Waals surface area (Å²) in [7, 11) is 0. The van der Waals surface area contributed by atoms with Gasteiger partial charge in [-0.2, -0.15) is 0 Å². The summed E-state index contributed by atoms with van der Waals surface area (Å²) in [6, 6.07) is 11.7. The van der Waals surface area contributed by atoms with Crippen molar-refractivity contribution in [2.24, 2.45) is 5.73 Å². The fourth-order valence-electron chi connectivity index (χ4n) is 1.46. The third kappa shape index (κ3) is 10.2. The van der Waals surface area contributed by atoms with Crippen molar-refractivity contribution in [1.82, 2.24) is 0 Å². The second kappa shape index (κ2) is 12.6. The Hall–Kier alpha value is -2.78. The van der Waals surface area contributed by atoms with Gasteiger partial charge in [-0.15, -0.1) is 22.7 Å². The van der Waals surface area contributed by atoms with Gasteiger partial charge < -0.3 is 15.7 Å². The Morgan fingerprint density at radius 3 is 2.31 bits per heavy atom. The van der Waals surface area contributed by atoms with Crippen molar-refractivity contribution in [3.63, 3.8) is 0 Å². The number of amides is 1. The molecule has 140 valence electrons. The van der Waals surface area contributed by atoms with Gasteiger partial charge in [-0.05, 0) is 30.7 Å². The summed E-state index contributed by atoms with van der Waals surface area (Å²) in [6.07, 6.45) is 0.250. The molecule has 0 aromatic heterocycles. The molecule has 0 aliphatic heterocycles. The number of carbonyl (C=O) groups is 2. The molecule has 1 amide bonds. The summed E-state index contributed by atoms with van der Waals surface area (Å²) in [5, 5.41) is 18.0. The zero-order chi connectivity index (χ0) is 20.1. The number of halogens is 1. The van der Waals surface area contributed by atoms with Crippen LogP contribution in [-0.4, -0.2) is 22.6 Å². The first-order valence-electron chi connectivity index (χ1n) is 6.91. The number of rotatable bonds is 4. The molecule has 2 aromatic rings. The van der Waals surface area contributed by atoms with Gasteiger partial charge in [-0.3, -0.25) is 4.79 Å². The van der Waals surface area contributed by atoms with Gasteiger partial charge in [-0.25, -0.2) is 4.79 Å². The number of nitrogens with zero attached hydrogens (tertiary/aromatic N) is 1. The van der Waals surface area contributed by atoms with Crippen molar-refractivity contribution in [2.75, 3.05) is 0 Å². The first kappa shape index (κ1) is 23.2. The third-order valence-electron chi connectivity index (χ3n) is 2.65. The second-order valence-corrected chi connectivity index (χ2v) is 5.48. The van der Waals surface area contributed by atoms with Crippen LogP contribution in [0.15, 0.2) is 47.4 Å². The Bertz CT molecular complexity index is 740. The maximum atomic E-state index is 10.4. The number of hydrogen-bond donors (Lipinski definition) is 3. The molecule has 2 aromatic carbocycles. The molecule has 0 unspecified atom stereocenters. The molecule has 0 saturated carbocycles. The molecule has 8 nitrogen and oxygen atoms in total. The summed E-state index contributed by atoms with van der Waals surface area (Å²) >= 11 is 9.58. The molecule has 26 heavy (non-hydrogen) atoms. The lowest BCUT2D eigenvalue weighted by Gasteiger charge is -1.98. The fraction of sp³-hybridized carbons (Fsp3) is 0.125. The minimum Gasteiger partial charge on any atom is -0.478 e. The van der Waals surface area contributed by atoms with Crippen molar-refractivity contribution in [2.45, 2.75) is 18.4 Å². The zero-order valence-electron chi connectivity index (χ0n) is 13.7. The first-order chi connectivity index (χ1) is 12.2. The number of hydrogen-bond acceptors (Lipinski definition) is 6. The summed E-state index contributed by atoms with van der Waals surface area (Å²) in [5.74, 6) is -0.975. The van der Waals surface area contributed by atoms with Crippen LogP contribution in [0.5, 0.6) is 0 Å². The van der Waals surface area contributed by atoms with E-state index >= 15 is 0 Å². The van der Waals surface area contributed by atoms with Gasteiger partial charge in [0.15, 0.2) is 0 Å². The van der Waals surface area contributed by atoms with E-state index in [1.54, 1.807) is 12.1 Å². The van der Waals surface area contributed by atoms with Gasteiger partial charge in [0, 0.05) is 4.90 Å². The lowest BCUT2D eigenvalue weighted by atomic mass is 10.2. The van der Waals surface area contributed by atoms with Crippen LogP contribution in [0.25, 0.3) is 0 Å². The summed E-state index contributed by atoms with van der Waals surface area (Å²) in [4.78, 5) is 33.5. The number of carboxylic acids is 1. The van der Waals surface area contributed by atoms with Crippen molar-refractivity contribution < 1.29 is 24.6 Å². The molecule has 0 heterocycles. The smallest absolute Gasteiger partial charge is 0.335 e. The van der Waals surface area contributed by atoms with Crippen LogP contribution in [0, 0.1) is 17.0 Å². The Morgan fingerprint density at radius 1 is 1.35 bits per heavy atom. The molecule has 0 aliphatic carbocycles. The minimum absolute atomic E-state index is 0.0211. The number of aryl methyl sites for hydroxylation is 1. The molecule has 3 N–H and O–H groups in total. The van der Waals surface area contributed by atoms with Crippen LogP contribution in [0.1, 0.15) is 21.5 Å². The van der Waals surface area contributed by atoms with Crippen molar-refractivity contribution >= 4 is 36.6 Å². The highest BCUT2D eigenvalue weighted by Crippen LogP contribution is 2.20. The van der Waals surface area contributed by atoms with E-state index < -0.39 is 11.1 Å². The number of primary amides is 1. The topological polar surface area (TPSA) is 133 Å². The molecule has 0 fully saturated rings. The van der Waals surface area contributed by atoms with Crippen LogP contribution in [-0.2, 0) is 16.2 Å². The normalized spacial score (nSPS) is 8.88. The Morgan fingerprint density at radius 2 is 1.88 bits per heavy atom. The van der Waals surface area contributed by atoms with E-state index in [0.29, 0.717) is 9.92 Å². The lowest BCUT2D eigenvalue weighted by Crippen LogP contribution is -2.00. The van der Waals surface area contributed by atoms with Crippen LogP contribution >= 0.6 is 24.2 Å². The van der Waals surface area contributed by atoms with Gasteiger partial charge in [0.05, 0.1) is 10.6 Å². The monoisotopic (exact) mass is 400 g/mol. The lowest BCUT2D eigenvalue weighted by molar-refractivity contribution is -0.763. The quantitative estimate of drug-likeness (QED) is 0.312. The summed E-state index contributed by atoms with van der Waals surface area (Å²) < 4.78 is 0. The van der Waals surface area contributed by atoms with E-state index in [-0.39, 0.29) is 18.6 Å². The molecule has 0 aliphatic rings. The maximum absolute atomic E-state index is 10.4. The number of carboxylic acid groups (broad SMARTS) is 1. The largest absolute Gasteiger partial charge is 0.478 e. The molecule has 0 atom stereocenters. The van der Waals surface area contributed by atoms with Gasteiger partial charge in [0.2, 0.25) is 6.41 Å². The van der Waals surface area contributed by atoms with Crippen molar-refractivity contribution in [3.05, 3.63) is 74.3 Å². The Balaban J connectivity index is 0.000000419. The van der Waals surface area contributed by atoms with E-state index in [4.69, 9.17) is 21.5 Å². The number of aromatic carboxylic acids is 1. The Labute approximate surface area is 160 Å². The van der Waals surface area contributed by atoms with E-state index in [0.717, 1.165) is 11.1 Å². The molecule has 10 heteroatoms. The molecule has 0 bridgehead atoms. The molecular weight excluding hydrogens is 384 g/mol. The maximum Gasteiger partial charge on any atom is 0.335 e. The molecule has 0 spiro atoms. The number of benzene rings is 2. The first-order valence-corrected chi connectivity index (χ1v) is 7.73. The predicted molar refractivity (Wildman–Crippen MR) is 98.9 cm³/mol. The van der Waals surface area contributed by atoms with Gasteiger partial charge in [0.25, 0.3) is 5.09 Å². The molecular formula is C16H17ClN2O6S. The number of carbonyl (C=O) groups excluding carboxylic acids is 1. The van der Waals surface area contributed by atoms with Crippen LogP contribution in [0.4, 0.5) is 0 Å². The SMILES string of the molecule is Cc1ccc(CO[N+](=O)[O-])cc1.NC=O.O=C(O)c1ccc(Cl)c(S)c1. The third-order valence-corrected chi connectivity index (χ3v) is 3.48. The molecule has 2 rings (SSSR count). The predicted octanol–water partition coefficient (Wildman–Crippen LogP) is 3.13. The van der Waals surface area contributed by atoms with E-state index in [2.05, 4.69) is 23.2 Å². The second-order valence-electron chi connectivity index (χ2n) is 4.59. The number of thiol groups is 1. The summed E-state index contributed by atoms with van der Waals surface area (Å²) in [5.41, 5.74) is 6.29. The highest BCUT2D eigenvalue weighted by molar-refractivity contribution is 7.80. The minimum atomic E-state index is -0.975. The fourth-order valence-corrected chi connectivity index (χ4v) is 1.79.